The summed E-state index contributed by atoms with van der Waals surface area (Å²) in [5.74, 6) is 1.37. The number of rotatable bonds is 2. The van der Waals surface area contributed by atoms with Gasteiger partial charge in [-0.2, -0.15) is 0 Å². The summed E-state index contributed by atoms with van der Waals surface area (Å²) in [4.78, 5) is 4.74. The summed E-state index contributed by atoms with van der Waals surface area (Å²) in [6, 6.07) is 3.94. The smallest absolute Gasteiger partial charge is 0.170 e. The number of nitrogens with two attached hydrogens (primary N) is 1. The van der Waals surface area contributed by atoms with Crippen LogP contribution in [0.3, 0.4) is 0 Å². The van der Waals surface area contributed by atoms with Crippen LogP contribution in [-0.2, 0) is 12.8 Å². The number of nitrogens with zero attached hydrogens (tertiary/aromatic N) is 1. The van der Waals surface area contributed by atoms with E-state index in [0.29, 0.717) is 17.2 Å². The fourth-order valence-electron chi connectivity index (χ4n) is 2.80. The number of methoxy groups -OCH3 is 2. The summed E-state index contributed by atoms with van der Waals surface area (Å²) in [7, 11) is 3.27. The lowest BCUT2D eigenvalue weighted by atomic mass is 9.94. The minimum Gasteiger partial charge on any atom is -0.493 e. The molecule has 0 atom stereocenters. The van der Waals surface area contributed by atoms with Crippen molar-refractivity contribution in [2.75, 3.05) is 20.0 Å². The molecule has 100 valence electrons. The summed E-state index contributed by atoms with van der Waals surface area (Å²) in [5, 5.41) is 0.944. The highest BCUT2D eigenvalue weighted by molar-refractivity contribution is 5.97. The van der Waals surface area contributed by atoms with Crippen molar-refractivity contribution >= 4 is 16.6 Å². The molecule has 0 saturated heterocycles. The van der Waals surface area contributed by atoms with Gasteiger partial charge >= 0.3 is 0 Å². The van der Waals surface area contributed by atoms with Gasteiger partial charge in [0.05, 0.1) is 25.4 Å². The molecule has 4 heteroatoms. The third-order valence-electron chi connectivity index (χ3n) is 3.75. The van der Waals surface area contributed by atoms with E-state index in [4.69, 9.17) is 20.2 Å². The normalized spacial score (nSPS) is 14.2. The molecule has 0 saturated carbocycles. The second-order valence-electron chi connectivity index (χ2n) is 4.90. The Morgan fingerprint density at radius 2 is 1.89 bits per heavy atom. The highest BCUT2D eigenvalue weighted by Crippen LogP contribution is 2.39. The van der Waals surface area contributed by atoms with Crippen molar-refractivity contribution in [2.24, 2.45) is 0 Å². The molecule has 4 nitrogen and oxygen atoms in total. The van der Waals surface area contributed by atoms with E-state index in [1.165, 1.54) is 24.1 Å². The molecule has 0 aliphatic heterocycles. The van der Waals surface area contributed by atoms with Crippen LogP contribution in [0.2, 0.25) is 0 Å². The first-order valence-electron chi connectivity index (χ1n) is 6.57. The van der Waals surface area contributed by atoms with E-state index in [1.54, 1.807) is 20.3 Å². The van der Waals surface area contributed by atoms with Gasteiger partial charge in [0.2, 0.25) is 0 Å². The molecule has 0 amide bonds. The SMILES string of the molecule is COc1cc(N)c2nc3c(cc2c1OC)CCCC3. The van der Waals surface area contributed by atoms with E-state index in [1.807, 2.05) is 0 Å². The van der Waals surface area contributed by atoms with Crippen molar-refractivity contribution in [2.45, 2.75) is 25.7 Å². The molecule has 0 radical (unpaired) electrons. The van der Waals surface area contributed by atoms with E-state index in [9.17, 15) is 0 Å². The number of fused-ring (bicyclic) bond motifs is 2. The monoisotopic (exact) mass is 258 g/mol. The fourth-order valence-corrected chi connectivity index (χ4v) is 2.80. The number of aryl methyl sites for hydroxylation is 2. The first kappa shape index (κ1) is 12.1. The molecule has 1 aliphatic carbocycles. The van der Waals surface area contributed by atoms with Gasteiger partial charge in [0.1, 0.15) is 0 Å². The van der Waals surface area contributed by atoms with Gasteiger partial charge in [-0.1, -0.05) is 0 Å². The molecule has 0 bridgehead atoms. The number of anilines is 1. The van der Waals surface area contributed by atoms with Gasteiger partial charge in [0, 0.05) is 17.1 Å². The average Bonchev–Trinajstić information content (AvgIpc) is 2.45. The van der Waals surface area contributed by atoms with Crippen LogP contribution in [0.1, 0.15) is 24.1 Å². The molecule has 0 unspecified atom stereocenters. The van der Waals surface area contributed by atoms with Gasteiger partial charge in [0.15, 0.2) is 11.5 Å². The standard InChI is InChI=1S/C15H18N2O2/c1-18-13-8-11(16)14-10(15(13)19-2)7-9-5-3-4-6-12(9)17-14/h7-8H,3-6,16H2,1-2H3. The number of pyridine rings is 1. The van der Waals surface area contributed by atoms with Crippen LogP contribution in [0.25, 0.3) is 10.9 Å². The Morgan fingerprint density at radius 1 is 1.11 bits per heavy atom. The maximum absolute atomic E-state index is 6.09. The van der Waals surface area contributed by atoms with E-state index in [-0.39, 0.29) is 0 Å². The Hall–Kier alpha value is -1.97. The molecule has 2 aromatic rings. The minimum atomic E-state index is 0.640. The third-order valence-corrected chi connectivity index (χ3v) is 3.75. The molecule has 0 fully saturated rings. The number of aromatic nitrogens is 1. The topological polar surface area (TPSA) is 57.4 Å². The average molecular weight is 258 g/mol. The summed E-state index contributed by atoms with van der Waals surface area (Å²) >= 11 is 0. The van der Waals surface area contributed by atoms with Gasteiger partial charge in [-0.05, 0) is 37.3 Å². The lowest BCUT2D eigenvalue weighted by molar-refractivity contribution is 0.358. The summed E-state index contributed by atoms with van der Waals surface area (Å²) in [6.45, 7) is 0. The molecular weight excluding hydrogens is 240 g/mol. The van der Waals surface area contributed by atoms with Crippen molar-refractivity contribution in [3.05, 3.63) is 23.4 Å². The van der Waals surface area contributed by atoms with E-state index >= 15 is 0 Å². The lowest BCUT2D eigenvalue weighted by Gasteiger charge is -2.18. The zero-order valence-corrected chi connectivity index (χ0v) is 11.3. The Kier molecular flexibility index (Phi) is 2.93. The Bertz CT molecular complexity index is 638. The van der Waals surface area contributed by atoms with E-state index in [2.05, 4.69) is 6.07 Å². The molecule has 3 rings (SSSR count). The van der Waals surface area contributed by atoms with Gasteiger partial charge < -0.3 is 15.2 Å². The van der Waals surface area contributed by atoms with Crippen LogP contribution in [-0.4, -0.2) is 19.2 Å². The lowest BCUT2D eigenvalue weighted by Crippen LogP contribution is -2.07. The van der Waals surface area contributed by atoms with Crippen LogP contribution in [0.4, 0.5) is 5.69 Å². The largest absolute Gasteiger partial charge is 0.493 e. The van der Waals surface area contributed by atoms with Crippen molar-refractivity contribution in [1.29, 1.82) is 0 Å². The van der Waals surface area contributed by atoms with Crippen LogP contribution in [0, 0.1) is 0 Å². The molecule has 1 aliphatic rings. The predicted molar refractivity (Wildman–Crippen MR) is 75.9 cm³/mol. The fraction of sp³-hybridized carbons (Fsp3) is 0.400. The van der Waals surface area contributed by atoms with Gasteiger partial charge in [-0.25, -0.2) is 0 Å². The van der Waals surface area contributed by atoms with Crippen LogP contribution in [0.5, 0.6) is 11.5 Å². The third kappa shape index (κ3) is 1.87. The summed E-state index contributed by atoms with van der Waals surface area (Å²) in [5.41, 5.74) is 10.0. The number of hydrogen-bond acceptors (Lipinski definition) is 4. The van der Waals surface area contributed by atoms with E-state index < -0.39 is 0 Å². The number of nitrogen functional groups attached to an aromatic ring is 1. The van der Waals surface area contributed by atoms with Crippen molar-refractivity contribution < 1.29 is 9.47 Å². The predicted octanol–water partition coefficient (Wildman–Crippen LogP) is 2.71. The maximum Gasteiger partial charge on any atom is 0.170 e. The van der Waals surface area contributed by atoms with Crippen LogP contribution in [0.15, 0.2) is 12.1 Å². The summed E-state index contributed by atoms with van der Waals surface area (Å²) < 4.78 is 10.8. The van der Waals surface area contributed by atoms with Gasteiger partial charge in [0.25, 0.3) is 0 Å². The molecule has 2 N–H and O–H groups in total. The second-order valence-corrected chi connectivity index (χ2v) is 4.90. The van der Waals surface area contributed by atoms with Crippen molar-refractivity contribution in [3.63, 3.8) is 0 Å². The zero-order valence-electron chi connectivity index (χ0n) is 11.3. The molecule has 1 aromatic carbocycles. The van der Waals surface area contributed by atoms with Crippen molar-refractivity contribution in [3.8, 4) is 11.5 Å². The van der Waals surface area contributed by atoms with Crippen LogP contribution >= 0.6 is 0 Å². The highest BCUT2D eigenvalue weighted by Gasteiger charge is 2.18. The molecule has 1 aromatic heterocycles. The zero-order chi connectivity index (χ0) is 13.4. The molecular formula is C15H18N2O2. The molecule has 19 heavy (non-hydrogen) atoms. The minimum absolute atomic E-state index is 0.640. The first-order chi connectivity index (χ1) is 9.24. The highest BCUT2D eigenvalue weighted by atomic mass is 16.5. The van der Waals surface area contributed by atoms with E-state index in [0.717, 1.165) is 23.7 Å². The quantitative estimate of drug-likeness (QED) is 0.841. The Balaban J connectivity index is 2.33. The first-order valence-corrected chi connectivity index (χ1v) is 6.57. The van der Waals surface area contributed by atoms with Crippen molar-refractivity contribution in [1.82, 2.24) is 4.98 Å². The van der Waals surface area contributed by atoms with Gasteiger partial charge in [-0.3, -0.25) is 4.98 Å². The van der Waals surface area contributed by atoms with Gasteiger partial charge in [-0.15, -0.1) is 0 Å². The Labute approximate surface area is 112 Å². The molecule has 1 heterocycles. The maximum atomic E-state index is 6.09. The molecule has 0 spiro atoms. The second kappa shape index (κ2) is 4.61. The summed E-state index contributed by atoms with van der Waals surface area (Å²) in [6.07, 6.45) is 4.55. The number of ether oxygens (including phenoxy) is 2. The number of hydrogen-bond donors (Lipinski definition) is 1. The Morgan fingerprint density at radius 3 is 2.63 bits per heavy atom. The van der Waals surface area contributed by atoms with Crippen LogP contribution < -0.4 is 15.2 Å². The number of benzene rings is 1.